The van der Waals surface area contributed by atoms with Gasteiger partial charge in [0, 0.05) is 18.9 Å². The number of nitrogens with two attached hydrogens (primary N) is 2. The second-order valence-corrected chi connectivity index (χ2v) is 5.92. The van der Waals surface area contributed by atoms with Gasteiger partial charge < -0.3 is 22.1 Å². The van der Waals surface area contributed by atoms with E-state index in [1.165, 1.54) is 6.92 Å². The number of amides is 2. The summed E-state index contributed by atoms with van der Waals surface area (Å²) in [6.45, 7) is 5.47. The van der Waals surface area contributed by atoms with Gasteiger partial charge in [-0.15, -0.1) is 0 Å². The van der Waals surface area contributed by atoms with Crippen LogP contribution in [0.3, 0.4) is 0 Å². The van der Waals surface area contributed by atoms with E-state index in [4.69, 9.17) is 11.5 Å². The first kappa shape index (κ1) is 18.3. The van der Waals surface area contributed by atoms with Crippen LogP contribution in [0, 0.1) is 5.92 Å². The smallest absolute Gasteiger partial charge is 0.243 e. The van der Waals surface area contributed by atoms with Crippen LogP contribution in [0.5, 0.6) is 0 Å². The third-order valence-electron chi connectivity index (χ3n) is 4.25. The Morgan fingerprint density at radius 3 is 2.32 bits per heavy atom. The molecule has 1 saturated carbocycles. The zero-order chi connectivity index (χ0) is 16.7. The highest BCUT2D eigenvalue weighted by Gasteiger charge is 2.38. The van der Waals surface area contributed by atoms with E-state index in [0.717, 1.165) is 32.1 Å². The van der Waals surface area contributed by atoms with Gasteiger partial charge in [-0.2, -0.15) is 0 Å². The molecule has 0 aromatic heterocycles. The molecule has 1 rings (SSSR count). The third kappa shape index (κ3) is 5.20. The Bertz CT molecular complexity index is 416. The molecule has 0 spiro atoms. The molecule has 22 heavy (non-hydrogen) atoms. The van der Waals surface area contributed by atoms with Gasteiger partial charge in [-0.1, -0.05) is 20.3 Å². The molecule has 0 aromatic rings. The number of guanidine groups is 1. The minimum Gasteiger partial charge on any atom is -0.370 e. The predicted molar refractivity (Wildman–Crippen MR) is 87.1 cm³/mol. The maximum atomic E-state index is 12.6. The van der Waals surface area contributed by atoms with Gasteiger partial charge in [0.1, 0.15) is 6.04 Å². The minimum absolute atomic E-state index is 0.0267. The largest absolute Gasteiger partial charge is 0.370 e. The molecular formula is C15H29N5O2. The maximum absolute atomic E-state index is 12.6. The monoisotopic (exact) mass is 311 g/mol. The molecule has 7 heteroatoms. The van der Waals surface area contributed by atoms with Crippen molar-refractivity contribution in [3.8, 4) is 0 Å². The van der Waals surface area contributed by atoms with Gasteiger partial charge in [0.05, 0.1) is 6.04 Å². The average Bonchev–Trinajstić information content (AvgIpc) is 2.88. The van der Waals surface area contributed by atoms with Gasteiger partial charge in [-0.25, -0.2) is 4.99 Å². The summed E-state index contributed by atoms with van der Waals surface area (Å²) in [4.78, 5) is 28.3. The quantitative estimate of drug-likeness (QED) is 0.397. The molecule has 1 aliphatic carbocycles. The summed E-state index contributed by atoms with van der Waals surface area (Å²) < 4.78 is 0. The summed E-state index contributed by atoms with van der Waals surface area (Å²) in [5.41, 5.74) is 11.0. The van der Waals surface area contributed by atoms with Crippen LogP contribution >= 0.6 is 0 Å². The molecule has 0 aliphatic heterocycles. The molecular weight excluding hydrogens is 282 g/mol. The Morgan fingerprint density at radius 2 is 1.82 bits per heavy atom. The highest BCUT2D eigenvalue weighted by Crippen LogP contribution is 2.31. The molecule has 0 radical (unpaired) electrons. The number of aliphatic imine (C=N–C) groups is 1. The normalized spacial score (nSPS) is 22.2. The van der Waals surface area contributed by atoms with Gasteiger partial charge >= 0.3 is 0 Å². The van der Waals surface area contributed by atoms with Crippen molar-refractivity contribution in [1.29, 1.82) is 0 Å². The molecule has 1 fully saturated rings. The van der Waals surface area contributed by atoms with Crippen molar-refractivity contribution in [1.82, 2.24) is 10.6 Å². The highest BCUT2D eigenvalue weighted by molar-refractivity contribution is 5.87. The molecule has 1 aliphatic rings. The Kier molecular flexibility index (Phi) is 7.14. The number of hydrogen-bond donors (Lipinski definition) is 4. The Labute approximate surface area is 132 Å². The third-order valence-corrected chi connectivity index (χ3v) is 4.25. The number of hydrogen-bond acceptors (Lipinski definition) is 3. The molecule has 0 heterocycles. The predicted octanol–water partition coefficient (Wildman–Crippen LogP) is 0.238. The Balaban J connectivity index is 2.89. The number of carbonyl (C=O) groups is 2. The van der Waals surface area contributed by atoms with E-state index in [1.807, 2.05) is 13.8 Å². The fraction of sp³-hybridized carbons (Fsp3) is 0.800. The fourth-order valence-corrected chi connectivity index (χ4v) is 3.08. The lowest BCUT2D eigenvalue weighted by Gasteiger charge is -2.28. The summed E-state index contributed by atoms with van der Waals surface area (Å²) in [7, 11) is 0. The van der Waals surface area contributed by atoms with E-state index in [1.54, 1.807) is 0 Å². The van der Waals surface area contributed by atoms with Gasteiger partial charge in [0.25, 0.3) is 0 Å². The van der Waals surface area contributed by atoms with Crippen molar-refractivity contribution in [3.05, 3.63) is 0 Å². The lowest BCUT2D eigenvalue weighted by molar-refractivity contribution is -0.130. The van der Waals surface area contributed by atoms with E-state index < -0.39 is 6.04 Å². The molecule has 3 atom stereocenters. The summed E-state index contributed by atoms with van der Waals surface area (Å²) in [6, 6.07) is -0.588. The van der Waals surface area contributed by atoms with Crippen molar-refractivity contribution in [2.75, 3.05) is 0 Å². The molecule has 2 amide bonds. The summed E-state index contributed by atoms with van der Waals surface area (Å²) in [5, 5.41) is 5.78. The number of rotatable bonds is 7. The fourth-order valence-electron chi connectivity index (χ4n) is 3.08. The van der Waals surface area contributed by atoms with Crippen molar-refractivity contribution >= 4 is 17.8 Å². The van der Waals surface area contributed by atoms with E-state index in [-0.39, 0.29) is 35.8 Å². The maximum Gasteiger partial charge on any atom is 0.243 e. The summed E-state index contributed by atoms with van der Waals surface area (Å²) >= 11 is 0. The van der Waals surface area contributed by atoms with Crippen LogP contribution in [0.15, 0.2) is 4.99 Å². The van der Waals surface area contributed by atoms with Gasteiger partial charge in [0.2, 0.25) is 11.8 Å². The van der Waals surface area contributed by atoms with Crippen LogP contribution in [-0.4, -0.2) is 35.9 Å². The highest BCUT2D eigenvalue weighted by atomic mass is 16.2. The first-order valence-corrected chi connectivity index (χ1v) is 8.05. The van der Waals surface area contributed by atoms with Gasteiger partial charge in [-0.05, 0) is 25.7 Å². The van der Waals surface area contributed by atoms with E-state index in [9.17, 15) is 9.59 Å². The number of nitrogens with one attached hydrogen (secondary N) is 2. The van der Waals surface area contributed by atoms with Crippen LogP contribution in [0.25, 0.3) is 0 Å². The molecule has 6 N–H and O–H groups in total. The second-order valence-electron chi connectivity index (χ2n) is 5.92. The minimum atomic E-state index is -0.589. The molecule has 0 saturated heterocycles. The lowest BCUT2D eigenvalue weighted by atomic mass is 9.93. The SMILES string of the molecule is CCC(CC)NC(=O)C(NC(C)=O)[C@@H]1CCC[C@H]1N=C(N)N. The van der Waals surface area contributed by atoms with Gasteiger partial charge in [-0.3, -0.25) is 9.59 Å². The molecule has 0 aromatic carbocycles. The lowest BCUT2D eigenvalue weighted by Crippen LogP contribution is -2.54. The summed E-state index contributed by atoms with van der Waals surface area (Å²) in [5.74, 6) is -0.411. The van der Waals surface area contributed by atoms with Crippen LogP contribution in [0.2, 0.25) is 0 Å². The van der Waals surface area contributed by atoms with Crippen molar-refractivity contribution < 1.29 is 9.59 Å². The zero-order valence-electron chi connectivity index (χ0n) is 13.8. The van der Waals surface area contributed by atoms with Crippen molar-refractivity contribution in [3.63, 3.8) is 0 Å². The van der Waals surface area contributed by atoms with Crippen LogP contribution < -0.4 is 22.1 Å². The summed E-state index contributed by atoms with van der Waals surface area (Å²) in [6.07, 6.45) is 4.31. The average molecular weight is 311 g/mol. The first-order chi connectivity index (χ1) is 10.4. The van der Waals surface area contributed by atoms with Crippen LogP contribution in [0.1, 0.15) is 52.9 Å². The topological polar surface area (TPSA) is 123 Å². The molecule has 1 unspecified atom stereocenters. The number of carbonyl (C=O) groups excluding carboxylic acids is 2. The van der Waals surface area contributed by atoms with Crippen LogP contribution in [0.4, 0.5) is 0 Å². The van der Waals surface area contributed by atoms with Gasteiger partial charge in [0.15, 0.2) is 5.96 Å². The van der Waals surface area contributed by atoms with E-state index in [2.05, 4.69) is 15.6 Å². The standard InChI is InChI=1S/C15H29N5O2/c1-4-10(5-2)19-14(22)13(18-9(3)21)11-7-6-8-12(11)20-15(16)17/h10-13H,4-8H2,1-3H3,(H,18,21)(H,19,22)(H4,16,17,20)/t11-,12-,13?/m1/s1. The van der Waals surface area contributed by atoms with E-state index >= 15 is 0 Å². The Morgan fingerprint density at radius 1 is 1.18 bits per heavy atom. The second kappa shape index (κ2) is 8.60. The first-order valence-electron chi connectivity index (χ1n) is 8.05. The molecule has 7 nitrogen and oxygen atoms in total. The molecule has 126 valence electrons. The van der Waals surface area contributed by atoms with Crippen molar-refractivity contribution in [2.45, 2.75) is 71.0 Å². The zero-order valence-corrected chi connectivity index (χ0v) is 13.8. The van der Waals surface area contributed by atoms with Crippen LogP contribution in [-0.2, 0) is 9.59 Å². The van der Waals surface area contributed by atoms with Crippen molar-refractivity contribution in [2.24, 2.45) is 22.4 Å². The van der Waals surface area contributed by atoms with E-state index in [0.29, 0.717) is 0 Å². The number of nitrogens with zero attached hydrogens (tertiary/aromatic N) is 1. The molecule has 0 bridgehead atoms. The Hall–Kier alpha value is -1.79.